The second-order valence-corrected chi connectivity index (χ2v) is 17.0. The minimum absolute atomic E-state index is 0.157. The Labute approximate surface area is 335 Å². The Hall–Kier alpha value is -6.81. The summed E-state index contributed by atoms with van der Waals surface area (Å²) < 4.78 is 5.09. The first-order valence-electron chi connectivity index (χ1n) is 19.7. The van der Waals surface area contributed by atoms with Gasteiger partial charge in [0.15, 0.2) is 0 Å². The number of benzene rings is 8. The maximum atomic E-state index is 5.41. The smallest absolute Gasteiger partial charge is 0.146 e. The Bertz CT molecular complexity index is 3420. The summed E-state index contributed by atoms with van der Waals surface area (Å²) in [7, 11) is 0. The molecule has 0 atom stereocenters. The van der Waals surface area contributed by atoms with Gasteiger partial charge in [0, 0.05) is 47.5 Å². The molecule has 12 rings (SSSR count). The van der Waals surface area contributed by atoms with Crippen molar-refractivity contribution in [3.05, 3.63) is 193 Å². The fourth-order valence-electron chi connectivity index (χ4n) is 9.59. The van der Waals surface area contributed by atoms with E-state index < -0.39 is 0 Å². The maximum absolute atomic E-state index is 5.41. The molecule has 0 bridgehead atoms. The highest BCUT2D eigenvalue weighted by molar-refractivity contribution is 7.26. The van der Waals surface area contributed by atoms with Crippen molar-refractivity contribution in [2.24, 2.45) is 0 Å². The second kappa shape index (κ2) is 12.1. The van der Waals surface area contributed by atoms with Crippen LogP contribution in [0.3, 0.4) is 0 Å². The molecule has 3 aromatic heterocycles. The summed E-state index contributed by atoms with van der Waals surface area (Å²) >= 11 is 1.90. The van der Waals surface area contributed by atoms with E-state index in [1.165, 1.54) is 75.5 Å². The number of pyridine rings is 1. The minimum atomic E-state index is -0.157. The highest BCUT2D eigenvalue weighted by Gasteiger charge is 2.36. The van der Waals surface area contributed by atoms with Gasteiger partial charge in [-0.3, -0.25) is 4.40 Å². The lowest BCUT2D eigenvalue weighted by atomic mass is 9.80. The number of imidazole rings is 1. The van der Waals surface area contributed by atoms with Crippen molar-refractivity contribution in [1.82, 2.24) is 9.38 Å². The molecule has 268 valence electrons. The molecule has 3 heterocycles. The van der Waals surface area contributed by atoms with Crippen LogP contribution in [-0.2, 0) is 5.41 Å². The molecule has 8 aromatic carbocycles. The van der Waals surface area contributed by atoms with Crippen molar-refractivity contribution in [3.63, 3.8) is 0 Å². The Kier molecular flexibility index (Phi) is 6.88. The summed E-state index contributed by atoms with van der Waals surface area (Å²) in [6.45, 7) is 4.79. The van der Waals surface area contributed by atoms with Gasteiger partial charge in [0.2, 0.25) is 0 Å². The molecule has 0 unspecified atom stereocenters. The van der Waals surface area contributed by atoms with E-state index in [1.54, 1.807) is 0 Å². The second-order valence-electron chi connectivity index (χ2n) is 15.9. The first-order valence-corrected chi connectivity index (χ1v) is 20.5. The van der Waals surface area contributed by atoms with Gasteiger partial charge in [-0.25, -0.2) is 4.98 Å². The monoisotopic (exact) mass is 744 g/mol. The lowest BCUT2D eigenvalue weighted by Crippen LogP contribution is -2.15. The van der Waals surface area contributed by atoms with Crippen LogP contribution in [0.2, 0.25) is 0 Å². The molecule has 0 spiro atoms. The quantitative estimate of drug-likeness (QED) is 0.164. The molecule has 3 heteroatoms. The summed E-state index contributed by atoms with van der Waals surface area (Å²) in [6, 6.07) is 66.9. The molecular weight excluding hydrogens is 709 g/mol. The van der Waals surface area contributed by atoms with Gasteiger partial charge < -0.3 is 0 Å². The number of thiophene rings is 1. The fraction of sp³-hybridized carbons (Fsp3) is 0.0556. The van der Waals surface area contributed by atoms with Crippen molar-refractivity contribution in [1.29, 1.82) is 0 Å². The Morgan fingerprint density at radius 3 is 1.81 bits per heavy atom. The summed E-state index contributed by atoms with van der Waals surface area (Å²) in [5.74, 6) is 0. The lowest BCUT2D eigenvalue weighted by Gasteiger charge is -2.23. The molecule has 0 fully saturated rings. The number of hydrogen-bond donors (Lipinski definition) is 0. The number of aromatic nitrogens is 2. The van der Waals surface area contributed by atoms with Crippen molar-refractivity contribution in [2.75, 3.05) is 0 Å². The highest BCUT2D eigenvalue weighted by atomic mass is 32.1. The summed E-state index contributed by atoms with van der Waals surface area (Å²) in [5, 5.41) is 6.25. The van der Waals surface area contributed by atoms with E-state index in [-0.39, 0.29) is 5.41 Å². The average molecular weight is 745 g/mol. The van der Waals surface area contributed by atoms with Crippen LogP contribution >= 0.6 is 11.3 Å². The van der Waals surface area contributed by atoms with Crippen molar-refractivity contribution in [3.8, 4) is 55.9 Å². The largest absolute Gasteiger partial charge is 0.291 e. The van der Waals surface area contributed by atoms with Crippen LogP contribution < -0.4 is 0 Å². The third-order valence-electron chi connectivity index (χ3n) is 12.4. The molecule has 2 nitrogen and oxygen atoms in total. The first kappa shape index (κ1) is 32.4. The average Bonchev–Trinajstić information content (AvgIpc) is 3.93. The molecule has 57 heavy (non-hydrogen) atoms. The standard InChI is InChI=1S/C54H36N2S/c1-54(2)46-31-36(24-27-40(46)41-28-25-37(32-47(41)54)38-21-13-22-43-42-19-11-12-23-49(42)57-52(38)43)35-26-29-48-45(30-35)39-18-9-10-20-44(39)53-55-50(33-14-5-3-6-15-33)51(56(48)53)34-16-7-4-8-17-34/h3-32H,1-2H3. The van der Waals surface area contributed by atoms with Gasteiger partial charge in [0.25, 0.3) is 0 Å². The minimum Gasteiger partial charge on any atom is -0.291 e. The van der Waals surface area contributed by atoms with Gasteiger partial charge >= 0.3 is 0 Å². The van der Waals surface area contributed by atoms with Crippen LogP contribution in [-0.4, -0.2) is 9.38 Å². The van der Waals surface area contributed by atoms with Gasteiger partial charge in [-0.05, 0) is 80.2 Å². The van der Waals surface area contributed by atoms with E-state index in [4.69, 9.17) is 4.98 Å². The van der Waals surface area contributed by atoms with E-state index in [0.29, 0.717) is 0 Å². The van der Waals surface area contributed by atoms with E-state index in [9.17, 15) is 0 Å². The van der Waals surface area contributed by atoms with Gasteiger partial charge in [-0.2, -0.15) is 0 Å². The molecule has 0 saturated heterocycles. The van der Waals surface area contributed by atoms with E-state index in [0.717, 1.165) is 39.1 Å². The van der Waals surface area contributed by atoms with Crippen LogP contribution in [0.1, 0.15) is 25.0 Å². The Morgan fingerprint density at radius 1 is 0.439 bits per heavy atom. The molecule has 0 saturated carbocycles. The van der Waals surface area contributed by atoms with Gasteiger partial charge in [-0.15, -0.1) is 11.3 Å². The summed E-state index contributed by atoms with van der Waals surface area (Å²) in [4.78, 5) is 5.41. The molecular formula is C54H36N2S. The highest BCUT2D eigenvalue weighted by Crippen LogP contribution is 2.52. The lowest BCUT2D eigenvalue weighted by molar-refractivity contribution is 0.661. The number of hydrogen-bond acceptors (Lipinski definition) is 2. The molecule has 0 aliphatic heterocycles. The maximum Gasteiger partial charge on any atom is 0.146 e. The summed E-state index contributed by atoms with van der Waals surface area (Å²) in [6.07, 6.45) is 0. The van der Waals surface area contributed by atoms with Crippen LogP contribution in [0.15, 0.2) is 182 Å². The molecule has 0 radical (unpaired) electrons. The van der Waals surface area contributed by atoms with Gasteiger partial charge in [-0.1, -0.05) is 166 Å². The molecule has 0 amide bonds. The normalized spacial score (nSPS) is 13.2. The van der Waals surface area contributed by atoms with Crippen molar-refractivity contribution >= 4 is 58.8 Å². The summed E-state index contributed by atoms with van der Waals surface area (Å²) in [5.41, 5.74) is 16.8. The molecule has 1 aliphatic rings. The van der Waals surface area contributed by atoms with E-state index >= 15 is 0 Å². The number of nitrogens with zero attached hydrogens (tertiary/aromatic N) is 2. The molecule has 1 aliphatic carbocycles. The van der Waals surface area contributed by atoms with Crippen LogP contribution in [0.25, 0.3) is 103 Å². The third-order valence-corrected chi connectivity index (χ3v) is 13.6. The zero-order chi connectivity index (χ0) is 37.8. The zero-order valence-electron chi connectivity index (χ0n) is 31.6. The predicted molar refractivity (Wildman–Crippen MR) is 242 cm³/mol. The first-order chi connectivity index (χ1) is 28.0. The number of fused-ring (bicyclic) bond motifs is 12. The third kappa shape index (κ3) is 4.73. The number of rotatable bonds is 4. The van der Waals surface area contributed by atoms with Crippen molar-refractivity contribution in [2.45, 2.75) is 19.3 Å². The van der Waals surface area contributed by atoms with Crippen LogP contribution in [0.4, 0.5) is 0 Å². The van der Waals surface area contributed by atoms with Gasteiger partial charge in [0.05, 0.1) is 16.9 Å². The van der Waals surface area contributed by atoms with Crippen LogP contribution in [0, 0.1) is 0 Å². The molecule has 0 N–H and O–H groups in total. The SMILES string of the molecule is CC1(C)c2cc(-c3ccc4c(c3)c3ccccc3c3nc(-c5ccccc5)c(-c5ccccc5)n43)ccc2-c2ccc(-c3cccc4c3sc3ccccc34)cc21. The Balaban J connectivity index is 1.01. The van der Waals surface area contributed by atoms with E-state index in [2.05, 4.69) is 200 Å². The zero-order valence-corrected chi connectivity index (χ0v) is 32.4. The van der Waals surface area contributed by atoms with E-state index in [1.807, 2.05) is 11.3 Å². The van der Waals surface area contributed by atoms with Crippen LogP contribution in [0.5, 0.6) is 0 Å². The predicted octanol–water partition coefficient (Wildman–Crippen LogP) is 15.0. The molecule has 11 aromatic rings. The topological polar surface area (TPSA) is 17.3 Å². The Morgan fingerprint density at radius 2 is 1.04 bits per heavy atom. The van der Waals surface area contributed by atoms with Crippen molar-refractivity contribution < 1.29 is 0 Å². The fourth-order valence-corrected chi connectivity index (χ4v) is 10.8. The van der Waals surface area contributed by atoms with Gasteiger partial charge in [0.1, 0.15) is 5.65 Å².